The molecular weight excluding hydrogens is 417 g/mol. The van der Waals surface area contributed by atoms with Crippen molar-refractivity contribution in [3.8, 4) is 11.4 Å². The molecular formula is C23H21ClFN5O. The average Bonchev–Trinajstić information content (AvgIpc) is 2.79. The zero-order chi connectivity index (χ0) is 21.6. The highest BCUT2D eigenvalue weighted by atomic mass is 35.5. The van der Waals surface area contributed by atoms with Gasteiger partial charge in [0, 0.05) is 19.3 Å². The number of ether oxygens (including phenoxy) is 1. The molecule has 0 unspecified atom stereocenters. The van der Waals surface area contributed by atoms with Crippen molar-refractivity contribution < 1.29 is 9.13 Å². The first-order valence-electron chi connectivity index (χ1n) is 9.99. The average molecular weight is 438 g/mol. The van der Waals surface area contributed by atoms with Crippen molar-refractivity contribution in [3.63, 3.8) is 0 Å². The van der Waals surface area contributed by atoms with Gasteiger partial charge in [-0.05, 0) is 49.2 Å². The number of rotatable bonds is 8. The fourth-order valence-corrected chi connectivity index (χ4v) is 3.39. The van der Waals surface area contributed by atoms with Crippen LogP contribution in [0.2, 0.25) is 5.02 Å². The minimum atomic E-state index is -0.215. The first kappa shape index (κ1) is 21.1. The molecule has 0 radical (unpaired) electrons. The van der Waals surface area contributed by atoms with Crippen molar-refractivity contribution in [2.24, 2.45) is 0 Å². The van der Waals surface area contributed by atoms with Crippen LogP contribution in [-0.4, -0.2) is 33.1 Å². The zero-order valence-electron chi connectivity index (χ0n) is 17.0. The maximum Gasteiger partial charge on any atom is 0.165 e. The molecule has 0 saturated carbocycles. The first-order valence-corrected chi connectivity index (χ1v) is 10.4. The predicted molar refractivity (Wildman–Crippen MR) is 119 cm³/mol. The van der Waals surface area contributed by atoms with Gasteiger partial charge in [0.25, 0.3) is 0 Å². The number of fused-ring (bicyclic) bond motifs is 1. The molecule has 31 heavy (non-hydrogen) atoms. The normalized spacial score (nSPS) is 11.1. The van der Waals surface area contributed by atoms with E-state index in [9.17, 15) is 4.39 Å². The maximum atomic E-state index is 13.9. The second-order valence-corrected chi connectivity index (χ2v) is 7.20. The molecule has 0 atom stereocenters. The van der Waals surface area contributed by atoms with Crippen molar-refractivity contribution in [2.45, 2.75) is 20.0 Å². The molecule has 1 aromatic carbocycles. The van der Waals surface area contributed by atoms with E-state index >= 15 is 0 Å². The summed E-state index contributed by atoms with van der Waals surface area (Å²) in [4.78, 5) is 18.1. The van der Waals surface area contributed by atoms with Gasteiger partial charge in [-0.1, -0.05) is 29.8 Å². The highest BCUT2D eigenvalue weighted by molar-refractivity contribution is 6.32. The summed E-state index contributed by atoms with van der Waals surface area (Å²) in [7, 11) is 0. The lowest BCUT2D eigenvalue weighted by molar-refractivity contribution is 0.128. The molecule has 3 heterocycles. The molecule has 1 N–H and O–H groups in total. The van der Waals surface area contributed by atoms with Crippen LogP contribution in [0.1, 0.15) is 18.3 Å². The Kier molecular flexibility index (Phi) is 6.64. The van der Waals surface area contributed by atoms with Gasteiger partial charge in [0.1, 0.15) is 23.9 Å². The number of hydrogen-bond donors (Lipinski definition) is 1. The maximum absolute atomic E-state index is 13.9. The van der Waals surface area contributed by atoms with Crippen LogP contribution in [0.4, 0.5) is 10.2 Å². The molecule has 158 valence electrons. The quantitative estimate of drug-likeness (QED) is 0.415. The molecule has 0 fully saturated rings. The van der Waals surface area contributed by atoms with E-state index in [1.54, 1.807) is 30.5 Å². The van der Waals surface area contributed by atoms with E-state index in [0.29, 0.717) is 58.8 Å². The van der Waals surface area contributed by atoms with Crippen LogP contribution >= 0.6 is 11.6 Å². The van der Waals surface area contributed by atoms with Crippen molar-refractivity contribution >= 4 is 28.5 Å². The van der Waals surface area contributed by atoms with Gasteiger partial charge in [0.05, 0.1) is 16.1 Å². The monoisotopic (exact) mass is 437 g/mol. The van der Waals surface area contributed by atoms with Crippen LogP contribution in [0, 0.1) is 5.82 Å². The third kappa shape index (κ3) is 4.95. The van der Waals surface area contributed by atoms with Gasteiger partial charge in [-0.15, -0.1) is 0 Å². The molecule has 4 aromatic rings. The van der Waals surface area contributed by atoms with Crippen LogP contribution in [0.25, 0.3) is 22.4 Å². The summed E-state index contributed by atoms with van der Waals surface area (Å²) in [5.74, 6) is 0.925. The highest BCUT2D eigenvalue weighted by Crippen LogP contribution is 2.27. The predicted octanol–water partition coefficient (Wildman–Crippen LogP) is 5.07. The Bertz CT molecular complexity index is 1200. The van der Waals surface area contributed by atoms with E-state index in [1.165, 1.54) is 6.07 Å². The second kappa shape index (κ2) is 9.76. The van der Waals surface area contributed by atoms with Crippen LogP contribution < -0.4 is 5.32 Å². The Morgan fingerprint density at radius 2 is 1.90 bits per heavy atom. The largest absolute Gasteiger partial charge is 0.374 e. The van der Waals surface area contributed by atoms with Crippen LogP contribution in [-0.2, 0) is 17.8 Å². The SMILES string of the molecule is CCOCc1nc(NCCc2ccccc2F)c2ccc(-c3ncccc3Cl)nc2n1. The van der Waals surface area contributed by atoms with E-state index in [2.05, 4.69) is 25.3 Å². The van der Waals surface area contributed by atoms with Crippen LogP contribution in [0.3, 0.4) is 0 Å². The van der Waals surface area contributed by atoms with Gasteiger partial charge in [0.2, 0.25) is 0 Å². The summed E-state index contributed by atoms with van der Waals surface area (Å²) < 4.78 is 19.4. The topological polar surface area (TPSA) is 72.8 Å². The number of nitrogens with one attached hydrogen (secondary N) is 1. The van der Waals surface area contributed by atoms with Crippen LogP contribution in [0.5, 0.6) is 0 Å². The Morgan fingerprint density at radius 1 is 1.03 bits per heavy atom. The van der Waals surface area contributed by atoms with Crippen molar-refractivity contribution in [3.05, 3.63) is 77.0 Å². The zero-order valence-corrected chi connectivity index (χ0v) is 17.7. The highest BCUT2D eigenvalue weighted by Gasteiger charge is 2.13. The fourth-order valence-electron chi connectivity index (χ4n) is 3.17. The smallest absolute Gasteiger partial charge is 0.165 e. The van der Waals surface area contributed by atoms with Gasteiger partial charge >= 0.3 is 0 Å². The molecule has 0 aliphatic rings. The first-order chi connectivity index (χ1) is 15.2. The molecule has 4 rings (SSSR count). The Hall–Kier alpha value is -3.16. The van der Waals surface area contributed by atoms with E-state index in [1.807, 2.05) is 25.1 Å². The summed E-state index contributed by atoms with van der Waals surface area (Å²) in [5.41, 5.74) is 2.37. The van der Waals surface area contributed by atoms with Crippen LogP contribution in [0.15, 0.2) is 54.7 Å². The number of nitrogens with zero attached hydrogens (tertiary/aromatic N) is 4. The summed E-state index contributed by atoms with van der Waals surface area (Å²) in [6, 6.07) is 14.0. The van der Waals surface area contributed by atoms with Gasteiger partial charge in [0.15, 0.2) is 11.5 Å². The lowest BCUT2D eigenvalue weighted by Crippen LogP contribution is -2.11. The number of pyridine rings is 2. The molecule has 0 saturated heterocycles. The third-order valence-electron chi connectivity index (χ3n) is 4.69. The molecule has 8 heteroatoms. The molecule has 0 bridgehead atoms. The summed E-state index contributed by atoms with van der Waals surface area (Å²) in [6.45, 7) is 3.24. The minimum absolute atomic E-state index is 0.215. The fraction of sp³-hybridized carbons (Fsp3) is 0.217. The number of benzene rings is 1. The van der Waals surface area contributed by atoms with E-state index in [4.69, 9.17) is 16.3 Å². The number of aromatic nitrogens is 4. The molecule has 0 amide bonds. The van der Waals surface area contributed by atoms with E-state index in [-0.39, 0.29) is 12.4 Å². The number of hydrogen-bond acceptors (Lipinski definition) is 6. The van der Waals surface area contributed by atoms with Gasteiger partial charge in [-0.3, -0.25) is 4.98 Å². The van der Waals surface area contributed by atoms with Gasteiger partial charge in [-0.25, -0.2) is 19.3 Å². The van der Waals surface area contributed by atoms with Crippen molar-refractivity contribution in [1.82, 2.24) is 19.9 Å². The van der Waals surface area contributed by atoms with Crippen molar-refractivity contribution in [2.75, 3.05) is 18.5 Å². The Balaban J connectivity index is 1.66. The van der Waals surface area contributed by atoms with E-state index in [0.717, 1.165) is 5.39 Å². The summed E-state index contributed by atoms with van der Waals surface area (Å²) in [6.07, 6.45) is 2.19. The molecule has 0 spiro atoms. The van der Waals surface area contributed by atoms with Crippen molar-refractivity contribution in [1.29, 1.82) is 0 Å². The second-order valence-electron chi connectivity index (χ2n) is 6.80. The van der Waals surface area contributed by atoms with E-state index < -0.39 is 0 Å². The lowest BCUT2D eigenvalue weighted by atomic mass is 10.1. The minimum Gasteiger partial charge on any atom is -0.374 e. The molecule has 3 aromatic heterocycles. The standard InChI is InChI=1S/C23H21ClFN5O/c1-2-31-14-20-29-22(27-13-11-15-6-3-4-8-18(15)25)16-9-10-19(28-23(16)30-20)21-17(24)7-5-12-26-21/h3-10,12H,2,11,13-14H2,1H3,(H,27,28,29,30). The number of anilines is 1. The van der Waals surface area contributed by atoms with Gasteiger partial charge in [-0.2, -0.15) is 0 Å². The number of halogens is 2. The summed E-state index contributed by atoms with van der Waals surface area (Å²) >= 11 is 6.28. The molecule has 6 nitrogen and oxygen atoms in total. The lowest BCUT2D eigenvalue weighted by Gasteiger charge is -2.12. The Morgan fingerprint density at radius 3 is 2.71 bits per heavy atom. The third-order valence-corrected chi connectivity index (χ3v) is 4.99. The van der Waals surface area contributed by atoms with Gasteiger partial charge < -0.3 is 10.1 Å². The Labute approximate surface area is 184 Å². The molecule has 0 aliphatic carbocycles. The summed E-state index contributed by atoms with van der Waals surface area (Å²) in [5, 5.41) is 4.57. The molecule has 0 aliphatic heterocycles.